The van der Waals surface area contributed by atoms with E-state index in [1.807, 2.05) is 0 Å². The summed E-state index contributed by atoms with van der Waals surface area (Å²) in [5.41, 5.74) is -2.90. The third kappa shape index (κ3) is 3.03. The van der Waals surface area contributed by atoms with Crippen LogP contribution >= 0.6 is 0 Å². The number of aromatic amines is 1. The SMILES string of the molecule is [2H]C([2H])([2H])C(NC(=O)c1c[nH]c2ncc(-c3nn(C)c4cc(F)ccc34)nc12)(C([2H])([2H])[2H])C([2H])([2H])[2H]. The number of H-pyrrole nitrogens is 1. The van der Waals surface area contributed by atoms with E-state index in [0.29, 0.717) is 16.6 Å². The van der Waals surface area contributed by atoms with Gasteiger partial charge in [-0.3, -0.25) is 9.48 Å². The molecular formula is C19H19FN6O. The van der Waals surface area contributed by atoms with Crippen molar-refractivity contribution in [2.45, 2.75) is 26.1 Å². The number of amides is 1. The fourth-order valence-electron chi connectivity index (χ4n) is 2.84. The summed E-state index contributed by atoms with van der Waals surface area (Å²) in [7, 11) is 1.60. The number of hydrogen-bond donors (Lipinski definition) is 2. The molecule has 0 fully saturated rings. The number of carbonyl (C=O) groups excluding carboxylic acids is 1. The molecule has 4 rings (SSSR count). The first-order valence-corrected chi connectivity index (χ1v) is 7.77. The number of halogens is 1. The van der Waals surface area contributed by atoms with Crippen LogP contribution in [0, 0.1) is 5.82 Å². The second-order valence-electron chi connectivity index (χ2n) is 5.99. The third-order valence-corrected chi connectivity index (χ3v) is 3.98. The number of benzene rings is 1. The van der Waals surface area contributed by atoms with E-state index in [9.17, 15) is 9.18 Å². The molecule has 0 saturated heterocycles. The van der Waals surface area contributed by atoms with Crippen molar-refractivity contribution in [3.63, 3.8) is 0 Å². The smallest absolute Gasteiger partial charge is 0.255 e. The first-order valence-electron chi connectivity index (χ1n) is 12.3. The molecule has 4 aromatic rings. The van der Waals surface area contributed by atoms with Crippen LogP contribution in [0.5, 0.6) is 0 Å². The highest BCUT2D eigenvalue weighted by Crippen LogP contribution is 2.28. The minimum absolute atomic E-state index is 0.0820. The maximum absolute atomic E-state index is 13.7. The summed E-state index contributed by atoms with van der Waals surface area (Å²) >= 11 is 0. The number of nitrogens with one attached hydrogen (secondary N) is 2. The molecule has 0 atom stereocenters. The highest BCUT2D eigenvalue weighted by Gasteiger charge is 2.21. The lowest BCUT2D eigenvalue weighted by atomic mass is 10.1. The van der Waals surface area contributed by atoms with E-state index in [4.69, 9.17) is 12.3 Å². The number of nitrogens with zero attached hydrogens (tertiary/aromatic N) is 4. The topological polar surface area (TPSA) is 88.5 Å². The van der Waals surface area contributed by atoms with Crippen molar-refractivity contribution in [1.29, 1.82) is 0 Å². The maximum Gasteiger partial charge on any atom is 0.255 e. The van der Waals surface area contributed by atoms with Crippen LogP contribution in [0.15, 0.2) is 30.6 Å². The molecule has 1 amide bonds. The quantitative estimate of drug-likeness (QED) is 0.563. The van der Waals surface area contributed by atoms with Gasteiger partial charge in [0.2, 0.25) is 0 Å². The van der Waals surface area contributed by atoms with E-state index in [1.165, 1.54) is 29.1 Å². The first kappa shape index (κ1) is 9.59. The minimum Gasteiger partial charge on any atom is -0.347 e. The highest BCUT2D eigenvalue weighted by molar-refractivity contribution is 6.05. The molecule has 1 aromatic carbocycles. The van der Waals surface area contributed by atoms with Crippen LogP contribution in [-0.4, -0.2) is 36.2 Å². The van der Waals surface area contributed by atoms with Gasteiger partial charge in [0.1, 0.15) is 22.7 Å². The van der Waals surface area contributed by atoms with Crippen LogP contribution in [-0.2, 0) is 7.05 Å². The third-order valence-electron chi connectivity index (χ3n) is 3.98. The van der Waals surface area contributed by atoms with E-state index in [1.54, 1.807) is 12.4 Å². The van der Waals surface area contributed by atoms with E-state index in [0.717, 1.165) is 6.20 Å². The van der Waals surface area contributed by atoms with Crippen LogP contribution in [0.25, 0.3) is 33.5 Å². The number of hydrogen-bond acceptors (Lipinski definition) is 4. The zero-order valence-electron chi connectivity index (χ0n) is 23.0. The molecule has 0 aliphatic heterocycles. The molecule has 138 valence electrons. The largest absolute Gasteiger partial charge is 0.347 e. The van der Waals surface area contributed by atoms with Gasteiger partial charge >= 0.3 is 0 Å². The van der Waals surface area contributed by atoms with Crippen molar-refractivity contribution >= 4 is 28.0 Å². The second-order valence-corrected chi connectivity index (χ2v) is 5.99. The maximum atomic E-state index is 13.7. The van der Waals surface area contributed by atoms with Crippen LogP contribution < -0.4 is 5.32 Å². The summed E-state index contributed by atoms with van der Waals surface area (Å²) < 4.78 is 84.4. The summed E-state index contributed by atoms with van der Waals surface area (Å²) in [6.07, 6.45) is 2.46. The van der Waals surface area contributed by atoms with Crippen LogP contribution in [0.2, 0.25) is 0 Å². The van der Waals surface area contributed by atoms with Crippen molar-refractivity contribution in [1.82, 2.24) is 30.0 Å². The Morgan fingerprint density at radius 3 is 2.96 bits per heavy atom. The number of aryl methyl sites for hydroxylation is 1. The summed E-state index contributed by atoms with van der Waals surface area (Å²) in [5, 5.41) is 6.65. The van der Waals surface area contributed by atoms with Gasteiger partial charge in [0.25, 0.3) is 5.91 Å². The van der Waals surface area contributed by atoms with Crippen LogP contribution in [0.4, 0.5) is 4.39 Å². The summed E-state index contributed by atoms with van der Waals surface area (Å²) in [5.74, 6) is -1.76. The molecule has 3 aromatic heterocycles. The fourth-order valence-corrected chi connectivity index (χ4v) is 2.84. The molecule has 2 N–H and O–H groups in total. The molecule has 27 heavy (non-hydrogen) atoms. The lowest BCUT2D eigenvalue weighted by Crippen LogP contribution is -2.40. The number of fused-ring (bicyclic) bond motifs is 2. The van der Waals surface area contributed by atoms with Crippen LogP contribution in [0.3, 0.4) is 0 Å². The minimum atomic E-state index is -3.62. The van der Waals surface area contributed by atoms with E-state index >= 15 is 0 Å². The molecule has 0 spiro atoms. The summed E-state index contributed by atoms with van der Waals surface area (Å²) in [6, 6.07) is 4.03. The highest BCUT2D eigenvalue weighted by atomic mass is 19.1. The monoisotopic (exact) mass is 375 g/mol. The molecule has 3 heterocycles. The van der Waals surface area contributed by atoms with Gasteiger partial charge in [-0.1, -0.05) is 0 Å². The lowest BCUT2D eigenvalue weighted by Gasteiger charge is -2.19. The average molecular weight is 375 g/mol. The predicted octanol–water partition coefficient (Wildman–Crippen LogP) is 3.18. The predicted molar refractivity (Wildman–Crippen MR) is 101 cm³/mol. The Morgan fingerprint density at radius 2 is 2.19 bits per heavy atom. The average Bonchev–Trinajstić information content (AvgIpc) is 3.29. The van der Waals surface area contributed by atoms with Crippen molar-refractivity contribution in [3.8, 4) is 11.4 Å². The fraction of sp³-hybridized carbons (Fsp3) is 0.263. The molecule has 7 nitrogen and oxygen atoms in total. The Hall–Kier alpha value is -3.29. The van der Waals surface area contributed by atoms with E-state index < -0.39 is 37.8 Å². The Kier molecular flexibility index (Phi) is 2.08. The van der Waals surface area contributed by atoms with Gasteiger partial charge in [-0.05, 0) is 38.8 Å². The zero-order valence-corrected chi connectivity index (χ0v) is 14.0. The second kappa shape index (κ2) is 5.87. The molecule has 0 aliphatic carbocycles. The normalized spacial score (nSPS) is 18.4. The van der Waals surface area contributed by atoms with E-state index in [-0.39, 0.29) is 22.4 Å². The van der Waals surface area contributed by atoms with Crippen LogP contribution in [0.1, 0.15) is 43.3 Å². The van der Waals surface area contributed by atoms with Gasteiger partial charge in [-0.25, -0.2) is 14.4 Å². The van der Waals surface area contributed by atoms with Gasteiger partial charge < -0.3 is 10.3 Å². The number of carbonyl (C=O) groups is 1. The van der Waals surface area contributed by atoms with Gasteiger partial charge in [-0.15, -0.1) is 0 Å². The van der Waals surface area contributed by atoms with Crippen molar-refractivity contribution in [3.05, 3.63) is 42.0 Å². The number of aromatic nitrogens is 5. The molecule has 0 saturated carbocycles. The Balaban J connectivity index is 1.84. The van der Waals surface area contributed by atoms with Gasteiger partial charge in [0.05, 0.1) is 17.3 Å². The zero-order chi connectivity index (χ0) is 26.8. The van der Waals surface area contributed by atoms with Gasteiger partial charge in [-0.2, -0.15) is 5.10 Å². The van der Waals surface area contributed by atoms with Gasteiger partial charge in [0.15, 0.2) is 5.65 Å². The first-order chi connectivity index (χ1) is 16.5. The number of rotatable bonds is 2. The Labute approximate surface area is 167 Å². The Morgan fingerprint density at radius 1 is 1.37 bits per heavy atom. The van der Waals surface area contributed by atoms with Crippen molar-refractivity contribution < 1.29 is 21.5 Å². The molecule has 0 aliphatic rings. The summed E-state index contributed by atoms with van der Waals surface area (Å²) in [6.45, 7) is -10.9. The standard InChI is InChI=1S/C19H19FN6O/c1-19(2,3)24-18(27)12-8-21-17-16(12)23-13(9-22-17)15-11-6-5-10(20)7-14(11)26(4)25-15/h5-9H,1-4H3,(H,21,22)(H,24,27)/i1D3,2D3,3D3. The summed E-state index contributed by atoms with van der Waals surface area (Å²) in [4.78, 5) is 24.4. The van der Waals surface area contributed by atoms with Crippen molar-refractivity contribution in [2.75, 3.05) is 0 Å². The van der Waals surface area contributed by atoms with Crippen molar-refractivity contribution in [2.24, 2.45) is 7.05 Å². The molecule has 0 radical (unpaired) electrons. The molecule has 0 bridgehead atoms. The van der Waals surface area contributed by atoms with Gasteiger partial charge in [0, 0.05) is 36.5 Å². The molecular weight excluding hydrogens is 347 g/mol. The Bertz CT molecular complexity index is 1450. The lowest BCUT2D eigenvalue weighted by molar-refractivity contribution is 0.0921. The molecule has 8 heteroatoms. The van der Waals surface area contributed by atoms with E-state index in [2.05, 4.69) is 20.1 Å². The molecule has 0 unspecified atom stereocenters.